The number of hydrogen-bond acceptors (Lipinski definition) is 6. The zero-order chi connectivity index (χ0) is 35.8. The first kappa shape index (κ1) is 36.7. The normalized spacial score (nSPS) is 12.9. The van der Waals surface area contributed by atoms with Crippen LogP contribution in [-0.2, 0) is 27.3 Å². The minimum absolute atomic E-state index is 0.0199. The summed E-state index contributed by atoms with van der Waals surface area (Å²) in [5, 5.41) is 15.8. The summed E-state index contributed by atoms with van der Waals surface area (Å²) in [6, 6.07) is 23.9. The number of hydrogen-bond donors (Lipinski definition) is 3. The van der Waals surface area contributed by atoms with E-state index in [-0.39, 0.29) is 11.8 Å². The summed E-state index contributed by atoms with van der Waals surface area (Å²) in [4.78, 5) is 41.0. The highest BCUT2D eigenvalue weighted by Gasteiger charge is 2.33. The molecule has 4 rings (SSSR count). The first-order chi connectivity index (χ1) is 23.1. The molecule has 10 heteroatoms. The third-order valence-electron chi connectivity index (χ3n) is 8.13. The van der Waals surface area contributed by atoms with Gasteiger partial charge in [0.1, 0.15) is 11.1 Å². The molecule has 0 spiro atoms. The van der Waals surface area contributed by atoms with E-state index in [0.29, 0.717) is 24.4 Å². The molecule has 2 atom stereocenters. The SMILES string of the molecule is C=C(Nc1cnn(CC(C(=O)N(C)C)c2ccc3ccccc3c2)c1)C(CCCc1ccccc1)NC(=O)C(C)(C)NC(=O)OC(C)(C)C. The summed E-state index contributed by atoms with van der Waals surface area (Å²) >= 11 is 0. The number of fused-ring (bicyclic) bond motifs is 1. The molecular weight excluding hydrogens is 616 g/mol. The van der Waals surface area contributed by atoms with E-state index in [1.165, 1.54) is 5.56 Å². The topological polar surface area (TPSA) is 118 Å². The van der Waals surface area contributed by atoms with E-state index < -0.39 is 29.2 Å². The van der Waals surface area contributed by atoms with Crippen molar-refractivity contribution in [3.05, 3.63) is 109 Å². The minimum atomic E-state index is -1.25. The van der Waals surface area contributed by atoms with Gasteiger partial charge in [0.25, 0.3) is 0 Å². The number of aromatic nitrogens is 2. The largest absolute Gasteiger partial charge is 0.444 e. The Kier molecular flexibility index (Phi) is 11.9. The van der Waals surface area contributed by atoms with Gasteiger partial charge < -0.3 is 25.6 Å². The first-order valence-electron chi connectivity index (χ1n) is 16.7. The van der Waals surface area contributed by atoms with Crippen molar-refractivity contribution in [2.24, 2.45) is 0 Å². The van der Waals surface area contributed by atoms with Crippen LogP contribution in [0.2, 0.25) is 0 Å². The number of carbonyl (C=O) groups excluding carboxylic acids is 3. The van der Waals surface area contributed by atoms with E-state index in [9.17, 15) is 14.4 Å². The third-order valence-corrected chi connectivity index (χ3v) is 8.13. The Morgan fingerprint density at radius 1 is 0.939 bits per heavy atom. The van der Waals surface area contributed by atoms with Gasteiger partial charge in [-0.25, -0.2) is 4.79 Å². The molecule has 0 radical (unpaired) electrons. The van der Waals surface area contributed by atoms with Crippen molar-refractivity contribution in [1.29, 1.82) is 0 Å². The Balaban J connectivity index is 1.48. The smallest absolute Gasteiger partial charge is 0.408 e. The molecule has 2 unspecified atom stereocenters. The number of carbonyl (C=O) groups is 3. The summed E-state index contributed by atoms with van der Waals surface area (Å²) in [7, 11) is 3.51. The average Bonchev–Trinajstić information content (AvgIpc) is 3.48. The summed E-state index contributed by atoms with van der Waals surface area (Å²) in [6.45, 7) is 13.2. The van der Waals surface area contributed by atoms with Crippen LogP contribution in [0.1, 0.15) is 64.5 Å². The van der Waals surface area contributed by atoms with Crippen LogP contribution in [0.25, 0.3) is 10.8 Å². The van der Waals surface area contributed by atoms with Gasteiger partial charge in [-0.15, -0.1) is 0 Å². The Bertz CT molecular complexity index is 1760. The fraction of sp³-hybridized carbons (Fsp3) is 0.385. The van der Waals surface area contributed by atoms with E-state index in [2.05, 4.69) is 51.9 Å². The lowest BCUT2D eigenvalue weighted by Gasteiger charge is -2.30. The number of anilines is 1. The number of amides is 3. The molecule has 10 nitrogen and oxygen atoms in total. The molecule has 0 aliphatic carbocycles. The van der Waals surface area contributed by atoms with Crippen LogP contribution >= 0.6 is 0 Å². The van der Waals surface area contributed by atoms with Crippen LogP contribution < -0.4 is 16.0 Å². The predicted octanol–water partition coefficient (Wildman–Crippen LogP) is 6.64. The highest BCUT2D eigenvalue weighted by atomic mass is 16.6. The Labute approximate surface area is 289 Å². The van der Waals surface area contributed by atoms with E-state index in [1.807, 2.05) is 54.7 Å². The number of benzene rings is 3. The van der Waals surface area contributed by atoms with Crippen molar-refractivity contribution in [1.82, 2.24) is 25.3 Å². The van der Waals surface area contributed by atoms with E-state index in [0.717, 1.165) is 29.2 Å². The molecule has 260 valence electrons. The fourth-order valence-corrected chi connectivity index (χ4v) is 5.49. The van der Waals surface area contributed by atoms with Crippen LogP contribution in [0.15, 0.2) is 97.5 Å². The highest BCUT2D eigenvalue weighted by molar-refractivity contribution is 5.90. The van der Waals surface area contributed by atoms with Gasteiger partial charge in [0, 0.05) is 26.0 Å². The fourth-order valence-electron chi connectivity index (χ4n) is 5.49. The second-order valence-corrected chi connectivity index (χ2v) is 14.1. The Morgan fingerprint density at radius 3 is 2.29 bits per heavy atom. The lowest BCUT2D eigenvalue weighted by molar-refractivity contribution is -0.130. The monoisotopic (exact) mass is 666 g/mol. The molecule has 3 amide bonds. The van der Waals surface area contributed by atoms with Gasteiger partial charge in [0.2, 0.25) is 11.8 Å². The zero-order valence-electron chi connectivity index (χ0n) is 29.7. The van der Waals surface area contributed by atoms with E-state index in [4.69, 9.17) is 4.74 Å². The average molecular weight is 667 g/mol. The van der Waals surface area contributed by atoms with Gasteiger partial charge in [-0.05, 0) is 75.8 Å². The minimum Gasteiger partial charge on any atom is -0.444 e. The van der Waals surface area contributed by atoms with Crippen LogP contribution in [-0.4, -0.2) is 63.9 Å². The predicted molar refractivity (Wildman–Crippen MR) is 195 cm³/mol. The quantitative estimate of drug-likeness (QED) is 0.139. The summed E-state index contributed by atoms with van der Waals surface area (Å²) in [6.07, 6.45) is 5.05. The number of aryl methyl sites for hydroxylation is 1. The zero-order valence-corrected chi connectivity index (χ0v) is 29.7. The molecule has 49 heavy (non-hydrogen) atoms. The van der Waals surface area contributed by atoms with Gasteiger partial charge in [-0.1, -0.05) is 79.4 Å². The summed E-state index contributed by atoms with van der Waals surface area (Å²) in [5.74, 6) is -0.837. The first-order valence-corrected chi connectivity index (χ1v) is 16.7. The maximum absolute atomic E-state index is 13.5. The molecule has 0 saturated heterocycles. The Morgan fingerprint density at radius 2 is 1.61 bits per heavy atom. The van der Waals surface area contributed by atoms with Crippen molar-refractivity contribution < 1.29 is 19.1 Å². The lowest BCUT2D eigenvalue weighted by atomic mass is 9.95. The molecule has 0 saturated carbocycles. The molecule has 0 bridgehead atoms. The van der Waals surface area contributed by atoms with Crippen LogP contribution in [0, 0.1) is 0 Å². The van der Waals surface area contributed by atoms with Crippen molar-refractivity contribution >= 4 is 34.4 Å². The summed E-state index contributed by atoms with van der Waals surface area (Å²) < 4.78 is 7.12. The molecule has 3 aromatic carbocycles. The maximum Gasteiger partial charge on any atom is 0.408 e. The molecule has 1 heterocycles. The number of likely N-dealkylation sites (N-methyl/N-ethyl adjacent to an activating group) is 1. The van der Waals surface area contributed by atoms with Crippen LogP contribution in [0.5, 0.6) is 0 Å². The van der Waals surface area contributed by atoms with Crippen molar-refractivity contribution in [3.8, 4) is 0 Å². The molecule has 0 fully saturated rings. The van der Waals surface area contributed by atoms with Crippen molar-refractivity contribution in [2.45, 2.75) is 83.5 Å². The van der Waals surface area contributed by atoms with Gasteiger partial charge in [-0.3, -0.25) is 14.3 Å². The van der Waals surface area contributed by atoms with Crippen molar-refractivity contribution in [2.75, 3.05) is 19.4 Å². The maximum atomic E-state index is 13.5. The van der Waals surface area contributed by atoms with Crippen LogP contribution in [0.4, 0.5) is 10.5 Å². The van der Waals surface area contributed by atoms with E-state index in [1.54, 1.807) is 64.5 Å². The molecular formula is C39H50N6O4. The number of alkyl carbamates (subject to hydrolysis) is 1. The molecule has 4 aromatic rings. The number of ether oxygens (including phenoxy) is 1. The lowest BCUT2D eigenvalue weighted by Crippen LogP contribution is -2.57. The Hall–Kier alpha value is -5.12. The van der Waals surface area contributed by atoms with Gasteiger partial charge in [0.05, 0.1) is 30.4 Å². The number of rotatable bonds is 14. The molecule has 0 aliphatic rings. The van der Waals surface area contributed by atoms with Crippen LogP contribution in [0.3, 0.4) is 0 Å². The summed E-state index contributed by atoms with van der Waals surface area (Å²) in [5.41, 5.74) is 1.41. The molecule has 3 N–H and O–H groups in total. The molecule has 1 aromatic heterocycles. The molecule has 0 aliphatic heterocycles. The number of nitrogens with one attached hydrogen (secondary N) is 3. The third kappa shape index (κ3) is 10.7. The van der Waals surface area contributed by atoms with Gasteiger partial charge >= 0.3 is 6.09 Å². The second kappa shape index (κ2) is 15.9. The second-order valence-electron chi connectivity index (χ2n) is 14.1. The number of nitrogens with zero attached hydrogens (tertiary/aromatic N) is 3. The van der Waals surface area contributed by atoms with E-state index >= 15 is 0 Å². The van der Waals surface area contributed by atoms with Gasteiger partial charge in [0.15, 0.2) is 0 Å². The highest BCUT2D eigenvalue weighted by Crippen LogP contribution is 2.26. The van der Waals surface area contributed by atoms with Gasteiger partial charge in [-0.2, -0.15) is 5.10 Å². The van der Waals surface area contributed by atoms with Crippen molar-refractivity contribution in [3.63, 3.8) is 0 Å². The standard InChI is InChI=1S/C39H50N6O4/c1-27(34(20-14-17-28-15-10-9-11-16-28)42-36(47)39(5,6)43-37(48)49-38(2,3)4)41-32-24-40-45(25-32)26-33(35(46)44(7)8)31-22-21-29-18-12-13-19-30(29)23-31/h9-13,15-16,18-19,21-25,33-34,41H,1,14,17,20,26H2,2-8H3,(H,42,47)(H,43,48).